The Morgan fingerprint density at radius 2 is 1.81 bits per heavy atom. The molecular weight excluding hydrogens is 432 g/mol. The van der Waals surface area contributed by atoms with E-state index in [9.17, 15) is 4.79 Å². The molecule has 0 atom stereocenters. The molecule has 0 unspecified atom stereocenters. The van der Waals surface area contributed by atoms with Gasteiger partial charge in [-0.2, -0.15) is 0 Å². The highest BCUT2D eigenvalue weighted by Crippen LogP contribution is 2.20. The van der Waals surface area contributed by atoms with Crippen molar-refractivity contribution >= 4 is 23.5 Å². The number of anilines is 1. The van der Waals surface area contributed by atoms with E-state index in [0.29, 0.717) is 29.7 Å². The first kappa shape index (κ1) is 21.5. The van der Waals surface area contributed by atoms with Crippen LogP contribution in [0, 0.1) is 0 Å². The fourth-order valence-electron chi connectivity index (χ4n) is 2.92. The maximum atomic E-state index is 12.5. The fraction of sp³-hybridized carbons (Fsp3) is 0.174. The first-order chi connectivity index (χ1) is 15.6. The van der Waals surface area contributed by atoms with Gasteiger partial charge < -0.3 is 13.9 Å². The van der Waals surface area contributed by atoms with Crippen molar-refractivity contribution in [2.45, 2.75) is 20.1 Å². The number of ether oxygens (including phenoxy) is 2. The lowest BCUT2D eigenvalue weighted by molar-refractivity contribution is 0.0991. The third-order valence-corrected chi connectivity index (χ3v) is 4.82. The van der Waals surface area contributed by atoms with Gasteiger partial charge in [0.15, 0.2) is 5.76 Å². The van der Waals surface area contributed by atoms with Crippen LogP contribution in [0.5, 0.6) is 11.5 Å². The summed E-state index contributed by atoms with van der Waals surface area (Å²) in [5.74, 6) is 1.82. The van der Waals surface area contributed by atoms with Crippen LogP contribution in [0.1, 0.15) is 28.8 Å². The molecule has 32 heavy (non-hydrogen) atoms. The Kier molecular flexibility index (Phi) is 6.72. The zero-order valence-corrected chi connectivity index (χ0v) is 18.1. The summed E-state index contributed by atoms with van der Waals surface area (Å²) in [5, 5.41) is 7.52. The van der Waals surface area contributed by atoms with Gasteiger partial charge in [-0.15, -0.1) is 5.10 Å². The van der Waals surface area contributed by atoms with Crippen molar-refractivity contribution in [2.24, 2.45) is 0 Å². The summed E-state index contributed by atoms with van der Waals surface area (Å²) < 4.78 is 18.3. The van der Waals surface area contributed by atoms with Gasteiger partial charge in [0, 0.05) is 5.02 Å². The standard InChI is InChI=1S/C23H21ClN4O4/c1-2-30-17-7-9-18(10-8-17)31-14-19-11-12-21(32-19)22(29)26-23-25-15-28(27-23)13-16-5-3-4-6-20(16)24/h3-12,15H,2,13-14H2,1H3,(H,26,27,29). The molecule has 0 fully saturated rings. The highest BCUT2D eigenvalue weighted by molar-refractivity contribution is 6.31. The molecule has 1 N–H and O–H groups in total. The molecular formula is C23H21ClN4O4. The van der Waals surface area contributed by atoms with Gasteiger partial charge in [-0.25, -0.2) is 9.67 Å². The number of hydrogen-bond donors (Lipinski definition) is 1. The van der Waals surface area contributed by atoms with Crippen LogP contribution >= 0.6 is 11.6 Å². The maximum absolute atomic E-state index is 12.5. The molecule has 164 valence electrons. The predicted octanol–water partition coefficient (Wildman–Crippen LogP) is 4.80. The summed E-state index contributed by atoms with van der Waals surface area (Å²) in [6.45, 7) is 3.16. The lowest BCUT2D eigenvalue weighted by Gasteiger charge is -2.06. The van der Waals surface area contributed by atoms with Gasteiger partial charge in [-0.3, -0.25) is 10.1 Å². The van der Waals surface area contributed by atoms with Gasteiger partial charge in [0.1, 0.15) is 30.2 Å². The quantitative estimate of drug-likeness (QED) is 0.392. The molecule has 1 amide bonds. The van der Waals surface area contributed by atoms with E-state index in [1.165, 1.54) is 6.33 Å². The summed E-state index contributed by atoms with van der Waals surface area (Å²) >= 11 is 6.17. The van der Waals surface area contributed by atoms with E-state index >= 15 is 0 Å². The topological polar surface area (TPSA) is 91.4 Å². The van der Waals surface area contributed by atoms with E-state index in [1.54, 1.807) is 16.8 Å². The second-order valence-corrected chi connectivity index (χ2v) is 7.18. The van der Waals surface area contributed by atoms with Crippen molar-refractivity contribution in [1.82, 2.24) is 14.8 Å². The molecule has 8 nitrogen and oxygen atoms in total. The molecule has 2 aromatic heterocycles. The van der Waals surface area contributed by atoms with E-state index in [1.807, 2.05) is 55.5 Å². The van der Waals surface area contributed by atoms with Crippen LogP contribution in [0.25, 0.3) is 0 Å². The van der Waals surface area contributed by atoms with E-state index in [2.05, 4.69) is 15.4 Å². The number of carbonyl (C=O) groups is 1. The van der Waals surface area contributed by atoms with E-state index in [4.69, 9.17) is 25.5 Å². The van der Waals surface area contributed by atoms with Crippen molar-refractivity contribution in [3.8, 4) is 11.5 Å². The van der Waals surface area contributed by atoms with Crippen LogP contribution in [0.15, 0.2) is 71.4 Å². The van der Waals surface area contributed by atoms with Gasteiger partial charge in [-0.05, 0) is 55.0 Å². The Hall–Kier alpha value is -3.78. The number of aromatic nitrogens is 3. The van der Waals surface area contributed by atoms with Crippen LogP contribution in [0.3, 0.4) is 0 Å². The summed E-state index contributed by atoms with van der Waals surface area (Å²) in [6, 6.07) is 18.0. The van der Waals surface area contributed by atoms with Crippen LogP contribution in [-0.2, 0) is 13.2 Å². The zero-order chi connectivity index (χ0) is 22.3. The van der Waals surface area contributed by atoms with E-state index < -0.39 is 5.91 Å². The number of hydrogen-bond acceptors (Lipinski definition) is 6. The summed E-state index contributed by atoms with van der Waals surface area (Å²) in [5.41, 5.74) is 0.903. The molecule has 0 saturated carbocycles. The Morgan fingerprint density at radius 1 is 1.06 bits per heavy atom. The van der Waals surface area contributed by atoms with E-state index in [0.717, 1.165) is 11.3 Å². The van der Waals surface area contributed by atoms with Crippen LogP contribution in [-0.4, -0.2) is 27.3 Å². The molecule has 0 bridgehead atoms. The number of furan rings is 1. The summed E-state index contributed by atoms with van der Waals surface area (Å²) in [6.07, 6.45) is 1.52. The number of rotatable bonds is 9. The number of benzene rings is 2. The minimum atomic E-state index is -0.451. The number of amides is 1. The van der Waals surface area contributed by atoms with Crippen LogP contribution in [0.4, 0.5) is 5.95 Å². The number of nitrogens with zero attached hydrogens (tertiary/aromatic N) is 3. The molecule has 2 heterocycles. The molecule has 4 aromatic rings. The van der Waals surface area contributed by atoms with Crippen molar-refractivity contribution in [3.63, 3.8) is 0 Å². The molecule has 0 spiro atoms. The van der Waals surface area contributed by atoms with Gasteiger partial charge in [0.05, 0.1) is 13.2 Å². The largest absolute Gasteiger partial charge is 0.494 e. The highest BCUT2D eigenvalue weighted by atomic mass is 35.5. The smallest absolute Gasteiger partial charge is 0.293 e. The third-order valence-electron chi connectivity index (χ3n) is 4.45. The van der Waals surface area contributed by atoms with Crippen molar-refractivity contribution in [2.75, 3.05) is 11.9 Å². The summed E-state index contributed by atoms with van der Waals surface area (Å²) in [4.78, 5) is 16.6. The minimum absolute atomic E-state index is 0.137. The molecule has 2 aromatic carbocycles. The molecule has 4 rings (SSSR count). The molecule has 0 aliphatic rings. The SMILES string of the molecule is CCOc1ccc(OCc2ccc(C(=O)Nc3ncn(Cc4ccccc4Cl)n3)o2)cc1. The van der Waals surface area contributed by atoms with Crippen molar-refractivity contribution in [1.29, 1.82) is 0 Å². The first-order valence-corrected chi connectivity index (χ1v) is 10.4. The molecule has 0 aliphatic carbocycles. The monoisotopic (exact) mass is 452 g/mol. The van der Waals surface area contributed by atoms with E-state index in [-0.39, 0.29) is 18.3 Å². The van der Waals surface area contributed by atoms with Crippen LogP contribution in [0.2, 0.25) is 5.02 Å². The van der Waals surface area contributed by atoms with Gasteiger partial charge in [0.25, 0.3) is 5.91 Å². The number of nitrogens with one attached hydrogen (secondary N) is 1. The summed E-state index contributed by atoms with van der Waals surface area (Å²) in [7, 11) is 0. The Balaban J connectivity index is 1.31. The highest BCUT2D eigenvalue weighted by Gasteiger charge is 2.14. The average molecular weight is 453 g/mol. The Morgan fingerprint density at radius 3 is 2.56 bits per heavy atom. The predicted molar refractivity (Wildman–Crippen MR) is 119 cm³/mol. The van der Waals surface area contributed by atoms with Gasteiger partial charge in [-0.1, -0.05) is 29.8 Å². The second kappa shape index (κ2) is 10.0. The number of carbonyl (C=O) groups excluding carboxylic acids is 1. The number of halogens is 1. The second-order valence-electron chi connectivity index (χ2n) is 6.77. The lowest BCUT2D eigenvalue weighted by atomic mass is 10.2. The van der Waals surface area contributed by atoms with Crippen molar-refractivity contribution in [3.05, 3.63) is 89.1 Å². The van der Waals surface area contributed by atoms with Crippen molar-refractivity contribution < 1.29 is 18.7 Å². The average Bonchev–Trinajstić information content (AvgIpc) is 3.45. The lowest BCUT2D eigenvalue weighted by Crippen LogP contribution is -2.12. The molecule has 9 heteroatoms. The molecule has 0 aliphatic heterocycles. The Bertz CT molecular complexity index is 1190. The maximum Gasteiger partial charge on any atom is 0.293 e. The van der Waals surface area contributed by atoms with Gasteiger partial charge >= 0.3 is 0 Å². The normalized spacial score (nSPS) is 10.7. The molecule has 0 radical (unpaired) electrons. The van der Waals surface area contributed by atoms with Crippen LogP contribution < -0.4 is 14.8 Å². The first-order valence-electron chi connectivity index (χ1n) is 9.99. The Labute approximate surface area is 189 Å². The molecule has 0 saturated heterocycles. The third kappa shape index (κ3) is 5.47. The fourth-order valence-corrected chi connectivity index (χ4v) is 3.12. The zero-order valence-electron chi connectivity index (χ0n) is 17.3. The minimum Gasteiger partial charge on any atom is -0.494 e. The van der Waals surface area contributed by atoms with Gasteiger partial charge in [0.2, 0.25) is 5.95 Å².